The van der Waals surface area contributed by atoms with Crippen LogP contribution in [-0.4, -0.2) is 30.1 Å². The lowest BCUT2D eigenvalue weighted by Crippen LogP contribution is -1.89. The normalized spacial score (nSPS) is 11.5. The van der Waals surface area contributed by atoms with Gasteiger partial charge in [0.1, 0.15) is 22.4 Å². The molecule has 1 aromatic carbocycles. The Hall–Kier alpha value is -4.53. The summed E-state index contributed by atoms with van der Waals surface area (Å²) in [6.45, 7) is 0. The third-order valence-electron chi connectivity index (χ3n) is 5.14. The highest BCUT2D eigenvalue weighted by Crippen LogP contribution is 2.33. The van der Waals surface area contributed by atoms with Crippen LogP contribution in [0.25, 0.3) is 55.8 Å². The van der Waals surface area contributed by atoms with Crippen LogP contribution < -0.4 is 5.73 Å². The zero-order valence-electron chi connectivity index (χ0n) is 15.9. The predicted molar refractivity (Wildman–Crippen MR) is 114 cm³/mol. The van der Waals surface area contributed by atoms with Crippen molar-refractivity contribution in [3.05, 3.63) is 67.3 Å². The maximum absolute atomic E-state index is 14.8. The fourth-order valence-electron chi connectivity index (χ4n) is 3.70. The summed E-state index contributed by atoms with van der Waals surface area (Å²) in [6, 6.07) is 8.66. The first-order chi connectivity index (χ1) is 15.2. The Balaban J connectivity index is 1.55. The molecule has 0 bridgehead atoms. The highest BCUT2D eigenvalue weighted by Gasteiger charge is 2.18. The van der Waals surface area contributed by atoms with E-state index < -0.39 is 5.82 Å². The predicted octanol–water partition coefficient (Wildman–Crippen LogP) is 4.54. The van der Waals surface area contributed by atoms with Gasteiger partial charge in [-0.2, -0.15) is 5.10 Å². The summed E-state index contributed by atoms with van der Waals surface area (Å²) >= 11 is 0. The van der Waals surface area contributed by atoms with Gasteiger partial charge in [0.05, 0.1) is 23.7 Å². The second kappa shape index (κ2) is 6.49. The number of benzene rings is 1. The van der Waals surface area contributed by atoms with Gasteiger partial charge in [0.25, 0.3) is 0 Å². The van der Waals surface area contributed by atoms with Crippen molar-refractivity contribution in [3.63, 3.8) is 0 Å². The smallest absolute Gasteiger partial charge is 0.157 e. The molecule has 5 heterocycles. The number of nitrogens with one attached hydrogen (secondary N) is 2. The average molecular weight is 411 g/mol. The van der Waals surface area contributed by atoms with Crippen LogP contribution in [0.1, 0.15) is 0 Å². The number of fused-ring (bicyclic) bond motifs is 2. The van der Waals surface area contributed by atoms with Crippen LogP contribution in [-0.2, 0) is 0 Å². The number of hydrogen-bond donors (Lipinski definition) is 3. The van der Waals surface area contributed by atoms with Gasteiger partial charge in [0, 0.05) is 35.1 Å². The van der Waals surface area contributed by atoms with E-state index in [0.717, 1.165) is 11.1 Å². The van der Waals surface area contributed by atoms with Crippen LogP contribution in [0.3, 0.4) is 0 Å². The zero-order chi connectivity index (χ0) is 20.9. The first-order valence-corrected chi connectivity index (χ1v) is 9.43. The molecule has 0 aliphatic heterocycles. The maximum Gasteiger partial charge on any atom is 0.157 e. The van der Waals surface area contributed by atoms with E-state index in [4.69, 9.17) is 15.1 Å². The molecule has 0 fully saturated rings. The fraction of sp³-hybridized carbons (Fsp3) is 0. The highest BCUT2D eigenvalue weighted by atomic mass is 19.1. The number of imidazole rings is 1. The number of aromatic nitrogens is 6. The molecule has 31 heavy (non-hydrogen) atoms. The van der Waals surface area contributed by atoms with Crippen LogP contribution >= 0.6 is 0 Å². The minimum atomic E-state index is -0.450. The number of nitrogen functional groups attached to an aromatic ring is 1. The summed E-state index contributed by atoms with van der Waals surface area (Å²) in [7, 11) is 0. The molecule has 0 radical (unpaired) electrons. The first kappa shape index (κ1) is 17.3. The summed E-state index contributed by atoms with van der Waals surface area (Å²) in [6.07, 6.45) is 8.08. The van der Waals surface area contributed by atoms with Gasteiger partial charge in [-0.1, -0.05) is 0 Å². The molecule has 6 rings (SSSR count). The Morgan fingerprint density at radius 3 is 2.77 bits per heavy atom. The zero-order valence-corrected chi connectivity index (χ0v) is 15.9. The summed E-state index contributed by atoms with van der Waals surface area (Å²) in [4.78, 5) is 16.5. The number of hydrogen-bond acceptors (Lipinski definition) is 6. The molecule has 150 valence electrons. The molecule has 0 aliphatic carbocycles. The molecule has 6 aromatic rings. The summed E-state index contributed by atoms with van der Waals surface area (Å²) in [5.41, 5.74) is 11.5. The van der Waals surface area contributed by atoms with Gasteiger partial charge in [-0.25, -0.2) is 9.37 Å². The van der Waals surface area contributed by atoms with Gasteiger partial charge in [0.15, 0.2) is 11.6 Å². The summed E-state index contributed by atoms with van der Waals surface area (Å²) < 4.78 is 20.0. The van der Waals surface area contributed by atoms with E-state index in [1.165, 1.54) is 6.07 Å². The van der Waals surface area contributed by atoms with Crippen molar-refractivity contribution in [2.75, 3.05) is 5.73 Å². The van der Waals surface area contributed by atoms with E-state index in [0.29, 0.717) is 44.9 Å². The molecule has 0 unspecified atom stereocenters. The van der Waals surface area contributed by atoms with Crippen molar-refractivity contribution in [2.24, 2.45) is 0 Å². The van der Waals surface area contributed by atoms with Gasteiger partial charge in [-0.3, -0.25) is 15.1 Å². The van der Waals surface area contributed by atoms with Crippen molar-refractivity contribution in [2.45, 2.75) is 0 Å². The minimum Gasteiger partial charge on any atom is -0.472 e. The highest BCUT2D eigenvalue weighted by molar-refractivity contribution is 5.97. The molecule has 0 saturated carbocycles. The van der Waals surface area contributed by atoms with E-state index in [1.54, 1.807) is 37.2 Å². The minimum absolute atomic E-state index is 0.226. The topological polar surface area (TPSA) is 122 Å². The lowest BCUT2D eigenvalue weighted by molar-refractivity contribution is 0.568. The second-order valence-electron chi connectivity index (χ2n) is 7.11. The lowest BCUT2D eigenvalue weighted by atomic mass is 10.0. The largest absolute Gasteiger partial charge is 0.472 e. The molecule has 9 heteroatoms. The van der Waals surface area contributed by atoms with E-state index in [1.807, 2.05) is 18.2 Å². The number of pyridine rings is 2. The number of nitrogens with two attached hydrogens (primary N) is 1. The van der Waals surface area contributed by atoms with Crippen molar-refractivity contribution in [1.82, 2.24) is 30.1 Å². The summed E-state index contributed by atoms with van der Waals surface area (Å²) in [5.74, 6) is 0.0757. The Labute approximate surface area is 174 Å². The summed E-state index contributed by atoms with van der Waals surface area (Å²) in [5, 5.41) is 7.66. The third-order valence-corrected chi connectivity index (χ3v) is 5.14. The Bertz CT molecular complexity index is 1570. The molecule has 5 aromatic heterocycles. The number of furan rings is 1. The van der Waals surface area contributed by atoms with E-state index >= 15 is 0 Å². The van der Waals surface area contributed by atoms with E-state index in [-0.39, 0.29) is 5.52 Å². The molecule has 0 amide bonds. The molecular weight excluding hydrogens is 397 g/mol. The number of H-pyrrole nitrogens is 2. The van der Waals surface area contributed by atoms with E-state index in [9.17, 15) is 4.39 Å². The van der Waals surface area contributed by atoms with Crippen LogP contribution in [0, 0.1) is 5.82 Å². The molecule has 0 aliphatic rings. The van der Waals surface area contributed by atoms with Crippen LogP contribution in [0.4, 0.5) is 10.1 Å². The van der Waals surface area contributed by atoms with Gasteiger partial charge in [-0.15, -0.1) is 0 Å². The van der Waals surface area contributed by atoms with Crippen molar-refractivity contribution in [1.29, 1.82) is 0 Å². The number of rotatable bonds is 3. The van der Waals surface area contributed by atoms with Crippen LogP contribution in [0.2, 0.25) is 0 Å². The lowest BCUT2D eigenvalue weighted by Gasteiger charge is -2.04. The van der Waals surface area contributed by atoms with Gasteiger partial charge in [-0.05, 0) is 35.9 Å². The van der Waals surface area contributed by atoms with Crippen LogP contribution in [0.15, 0.2) is 65.9 Å². The Kier molecular flexibility index (Phi) is 3.63. The molecule has 0 spiro atoms. The third kappa shape index (κ3) is 2.75. The fourth-order valence-corrected chi connectivity index (χ4v) is 3.70. The Morgan fingerprint density at radius 1 is 1.00 bits per heavy atom. The molecule has 4 N–H and O–H groups in total. The standard InChI is InChI=1S/C22H14FN7O/c23-16-7-12(13-5-14(24)9-25-8-13)6-15-19(16)29-30-20(15)22-27-17-1-3-26-18(21(17)28-22)11-2-4-31-10-11/h1-10H,24H2,(H,27,28)(H,29,30). The van der Waals surface area contributed by atoms with Gasteiger partial charge < -0.3 is 15.1 Å². The monoisotopic (exact) mass is 411 g/mol. The molecular formula is C22H14FN7O. The van der Waals surface area contributed by atoms with Crippen molar-refractivity contribution < 1.29 is 8.81 Å². The number of halogens is 1. The molecule has 0 atom stereocenters. The first-order valence-electron chi connectivity index (χ1n) is 9.43. The van der Waals surface area contributed by atoms with Gasteiger partial charge >= 0.3 is 0 Å². The SMILES string of the molecule is Nc1cncc(-c2cc(F)c3n[nH]c(-c4nc5c(-c6ccoc6)nccc5[nH]4)c3c2)c1. The second-order valence-corrected chi connectivity index (χ2v) is 7.11. The average Bonchev–Trinajstić information content (AvgIpc) is 3.52. The number of aromatic amines is 2. The van der Waals surface area contributed by atoms with Crippen molar-refractivity contribution >= 4 is 27.6 Å². The number of nitrogens with zero attached hydrogens (tertiary/aromatic N) is 4. The number of anilines is 1. The van der Waals surface area contributed by atoms with Crippen molar-refractivity contribution in [3.8, 4) is 33.9 Å². The Morgan fingerprint density at radius 2 is 1.94 bits per heavy atom. The van der Waals surface area contributed by atoms with E-state index in [2.05, 4.69) is 25.1 Å². The quantitative estimate of drug-likeness (QED) is 0.393. The molecule has 8 nitrogen and oxygen atoms in total. The molecule has 0 saturated heterocycles. The maximum atomic E-state index is 14.8. The van der Waals surface area contributed by atoms with Crippen LogP contribution in [0.5, 0.6) is 0 Å². The van der Waals surface area contributed by atoms with Gasteiger partial charge in [0.2, 0.25) is 0 Å².